The number of phenols is 1. The predicted molar refractivity (Wildman–Crippen MR) is 97.7 cm³/mol. The number of rotatable bonds is 6. The number of unbranched alkanes of at least 4 members (excludes halogenated alkanes) is 1. The molecule has 0 fully saturated rings. The molecule has 0 radical (unpaired) electrons. The van der Waals surface area contributed by atoms with E-state index < -0.39 is 5.97 Å². The Morgan fingerprint density at radius 1 is 1.08 bits per heavy atom. The maximum atomic E-state index is 13.1. The first-order valence-corrected chi connectivity index (χ1v) is 8.52. The van der Waals surface area contributed by atoms with E-state index in [2.05, 4.69) is 6.92 Å². The van der Waals surface area contributed by atoms with Gasteiger partial charge in [0.1, 0.15) is 17.1 Å². The second-order valence-electron chi connectivity index (χ2n) is 6.08. The van der Waals surface area contributed by atoms with E-state index in [-0.39, 0.29) is 11.5 Å². The van der Waals surface area contributed by atoms with E-state index in [0.29, 0.717) is 39.8 Å². The molecule has 26 heavy (non-hydrogen) atoms. The van der Waals surface area contributed by atoms with E-state index in [9.17, 15) is 14.7 Å². The largest absolute Gasteiger partial charge is 0.508 e. The number of methoxy groups -OCH3 is 1. The molecule has 1 heterocycles. The minimum Gasteiger partial charge on any atom is -0.508 e. The molecule has 0 saturated carbocycles. The molecule has 1 aromatic heterocycles. The average molecular weight is 352 g/mol. The number of fused-ring (bicyclic) bond motifs is 1. The molecule has 3 rings (SSSR count). The van der Waals surface area contributed by atoms with Crippen LogP contribution in [-0.2, 0) is 11.2 Å². The number of hydrogen-bond acceptors (Lipinski definition) is 5. The Balaban J connectivity index is 2.16. The van der Waals surface area contributed by atoms with Crippen molar-refractivity contribution in [2.75, 3.05) is 7.11 Å². The van der Waals surface area contributed by atoms with Gasteiger partial charge in [-0.05, 0) is 48.9 Å². The van der Waals surface area contributed by atoms with Gasteiger partial charge < -0.3 is 14.3 Å². The zero-order valence-electron chi connectivity index (χ0n) is 14.7. The number of carbonyl (C=O) groups is 2. The first-order valence-electron chi connectivity index (χ1n) is 8.52. The lowest BCUT2D eigenvalue weighted by atomic mass is 9.97. The van der Waals surface area contributed by atoms with Gasteiger partial charge in [0.25, 0.3) is 0 Å². The van der Waals surface area contributed by atoms with Gasteiger partial charge >= 0.3 is 5.97 Å². The van der Waals surface area contributed by atoms with Gasteiger partial charge in [0.15, 0.2) is 5.78 Å². The Morgan fingerprint density at radius 2 is 1.77 bits per heavy atom. The number of ether oxygens (including phenoxy) is 1. The van der Waals surface area contributed by atoms with Crippen LogP contribution in [0, 0.1) is 0 Å². The topological polar surface area (TPSA) is 76.7 Å². The summed E-state index contributed by atoms with van der Waals surface area (Å²) in [4.78, 5) is 25.0. The Labute approximate surface area is 151 Å². The Bertz CT molecular complexity index is 950. The van der Waals surface area contributed by atoms with Crippen LogP contribution in [-0.4, -0.2) is 24.0 Å². The summed E-state index contributed by atoms with van der Waals surface area (Å²) in [5.74, 6) is 0.0443. The van der Waals surface area contributed by atoms with E-state index in [1.54, 1.807) is 30.3 Å². The zero-order chi connectivity index (χ0) is 18.7. The van der Waals surface area contributed by atoms with Crippen LogP contribution in [0.5, 0.6) is 5.75 Å². The molecule has 0 amide bonds. The predicted octanol–water partition coefficient (Wildman–Crippen LogP) is 4.50. The molecule has 0 spiro atoms. The van der Waals surface area contributed by atoms with Crippen LogP contribution in [0.3, 0.4) is 0 Å². The number of aryl methyl sites for hydroxylation is 1. The molecule has 2 aromatic carbocycles. The van der Waals surface area contributed by atoms with Gasteiger partial charge in [-0.3, -0.25) is 4.79 Å². The van der Waals surface area contributed by atoms with Crippen LogP contribution in [0.15, 0.2) is 46.9 Å². The second kappa shape index (κ2) is 7.44. The lowest BCUT2D eigenvalue weighted by Gasteiger charge is -2.04. The molecule has 0 bridgehead atoms. The number of benzene rings is 2. The average Bonchev–Trinajstić information content (AvgIpc) is 3.03. The minimum atomic E-state index is -0.466. The van der Waals surface area contributed by atoms with Crippen LogP contribution in [0.4, 0.5) is 0 Å². The molecule has 5 nitrogen and oxygen atoms in total. The Kier molecular flexibility index (Phi) is 5.07. The van der Waals surface area contributed by atoms with Gasteiger partial charge in [-0.2, -0.15) is 0 Å². The highest BCUT2D eigenvalue weighted by Crippen LogP contribution is 2.31. The SMILES string of the molecule is CCCCc1oc2ccc(C(=O)OC)cc2c1C(=O)c1ccc(O)cc1. The molecule has 0 unspecified atom stereocenters. The summed E-state index contributed by atoms with van der Waals surface area (Å²) in [5.41, 5.74) is 1.84. The van der Waals surface area contributed by atoms with Gasteiger partial charge in [-0.15, -0.1) is 0 Å². The summed E-state index contributed by atoms with van der Waals surface area (Å²) in [5, 5.41) is 10.0. The van der Waals surface area contributed by atoms with Gasteiger partial charge in [-0.1, -0.05) is 13.3 Å². The van der Waals surface area contributed by atoms with Crippen molar-refractivity contribution in [2.24, 2.45) is 0 Å². The third-order valence-electron chi connectivity index (χ3n) is 4.30. The van der Waals surface area contributed by atoms with E-state index in [0.717, 1.165) is 12.8 Å². The van der Waals surface area contributed by atoms with Crippen molar-refractivity contribution < 1.29 is 23.8 Å². The molecule has 0 aliphatic heterocycles. The van der Waals surface area contributed by atoms with Crippen molar-refractivity contribution in [2.45, 2.75) is 26.2 Å². The van der Waals surface area contributed by atoms with Crippen molar-refractivity contribution >= 4 is 22.7 Å². The molecular weight excluding hydrogens is 332 g/mol. The highest BCUT2D eigenvalue weighted by atomic mass is 16.5. The van der Waals surface area contributed by atoms with Crippen LogP contribution in [0.1, 0.15) is 51.8 Å². The van der Waals surface area contributed by atoms with E-state index >= 15 is 0 Å². The lowest BCUT2D eigenvalue weighted by Crippen LogP contribution is -2.05. The molecule has 5 heteroatoms. The highest BCUT2D eigenvalue weighted by molar-refractivity contribution is 6.17. The number of hydrogen-bond donors (Lipinski definition) is 1. The first kappa shape index (κ1) is 17.7. The fraction of sp³-hybridized carbons (Fsp3) is 0.238. The number of furan rings is 1. The fourth-order valence-electron chi connectivity index (χ4n) is 2.91. The van der Waals surface area contributed by atoms with Gasteiger partial charge in [-0.25, -0.2) is 4.79 Å². The van der Waals surface area contributed by atoms with Crippen molar-refractivity contribution in [1.82, 2.24) is 0 Å². The van der Waals surface area contributed by atoms with Crippen LogP contribution in [0.2, 0.25) is 0 Å². The number of phenolic OH excluding ortho intramolecular Hbond substituents is 1. The Morgan fingerprint density at radius 3 is 2.42 bits per heavy atom. The second-order valence-corrected chi connectivity index (χ2v) is 6.08. The quantitative estimate of drug-likeness (QED) is 0.522. The molecule has 1 N–H and O–H groups in total. The molecule has 0 aliphatic carbocycles. The minimum absolute atomic E-state index is 0.0952. The normalized spacial score (nSPS) is 10.8. The standard InChI is InChI=1S/C21H20O5/c1-3-4-5-18-19(20(23)13-6-9-15(22)10-7-13)16-12-14(21(24)25-2)8-11-17(16)26-18/h6-12,22H,3-5H2,1-2H3. The van der Waals surface area contributed by atoms with Crippen LogP contribution < -0.4 is 0 Å². The van der Waals surface area contributed by atoms with E-state index in [1.165, 1.54) is 19.2 Å². The monoisotopic (exact) mass is 352 g/mol. The summed E-state index contributed by atoms with van der Waals surface area (Å²) in [6.07, 6.45) is 2.49. The number of carbonyl (C=O) groups excluding carboxylic acids is 2. The molecule has 0 aliphatic rings. The fourth-order valence-corrected chi connectivity index (χ4v) is 2.91. The Hall–Kier alpha value is -3.08. The third-order valence-corrected chi connectivity index (χ3v) is 4.30. The molecule has 3 aromatic rings. The molecule has 0 saturated heterocycles. The molecular formula is C21H20O5. The van der Waals surface area contributed by atoms with Gasteiger partial charge in [0.05, 0.1) is 18.2 Å². The van der Waals surface area contributed by atoms with Crippen LogP contribution >= 0.6 is 0 Å². The van der Waals surface area contributed by atoms with Crippen molar-refractivity contribution in [1.29, 1.82) is 0 Å². The smallest absolute Gasteiger partial charge is 0.337 e. The summed E-state index contributed by atoms with van der Waals surface area (Å²) < 4.78 is 10.7. The number of ketones is 1. The number of esters is 1. The van der Waals surface area contributed by atoms with Crippen molar-refractivity contribution in [3.05, 3.63) is 64.9 Å². The number of aromatic hydroxyl groups is 1. The van der Waals surface area contributed by atoms with Gasteiger partial charge in [0, 0.05) is 17.4 Å². The summed E-state index contributed by atoms with van der Waals surface area (Å²) in [6.45, 7) is 2.07. The third kappa shape index (κ3) is 3.33. The highest BCUT2D eigenvalue weighted by Gasteiger charge is 2.23. The van der Waals surface area contributed by atoms with E-state index in [1.807, 2.05) is 0 Å². The molecule has 134 valence electrons. The van der Waals surface area contributed by atoms with Crippen LogP contribution in [0.25, 0.3) is 11.0 Å². The van der Waals surface area contributed by atoms with Crippen molar-refractivity contribution in [3.63, 3.8) is 0 Å². The summed E-state index contributed by atoms with van der Waals surface area (Å²) in [6, 6.07) is 11.0. The zero-order valence-corrected chi connectivity index (χ0v) is 14.7. The molecule has 0 atom stereocenters. The maximum Gasteiger partial charge on any atom is 0.337 e. The summed E-state index contributed by atoms with van der Waals surface area (Å²) in [7, 11) is 1.32. The van der Waals surface area contributed by atoms with Crippen molar-refractivity contribution in [3.8, 4) is 5.75 Å². The summed E-state index contributed by atoms with van der Waals surface area (Å²) >= 11 is 0. The first-order chi connectivity index (χ1) is 12.5. The lowest BCUT2D eigenvalue weighted by molar-refractivity contribution is 0.0600. The maximum absolute atomic E-state index is 13.1. The van der Waals surface area contributed by atoms with Gasteiger partial charge in [0.2, 0.25) is 0 Å². The van der Waals surface area contributed by atoms with E-state index in [4.69, 9.17) is 9.15 Å².